The van der Waals surface area contributed by atoms with Crippen LogP contribution in [0.4, 0.5) is 4.39 Å². The molecule has 0 saturated heterocycles. The maximum Gasteiger partial charge on any atom is 0.123 e. The molecule has 0 atom stereocenters. The van der Waals surface area contributed by atoms with Gasteiger partial charge >= 0.3 is 0 Å². The molecule has 1 aromatic rings. The standard InChI is InChI=1S/C15H20FN/c1-11(2)13(10-17-15-7-8-15)9-12-3-5-14(16)6-4-12/h3-6,9,11,15,17H,7-8,10H2,1-2H3. The molecule has 1 saturated carbocycles. The molecule has 0 aliphatic heterocycles. The third-order valence-electron chi connectivity index (χ3n) is 3.14. The summed E-state index contributed by atoms with van der Waals surface area (Å²) in [7, 11) is 0. The molecule has 92 valence electrons. The van der Waals surface area contributed by atoms with E-state index >= 15 is 0 Å². The molecular formula is C15H20FN. The van der Waals surface area contributed by atoms with Crippen molar-refractivity contribution < 1.29 is 4.39 Å². The molecule has 1 nitrogen and oxygen atoms in total. The van der Waals surface area contributed by atoms with Crippen molar-refractivity contribution in [2.45, 2.75) is 32.7 Å². The molecular weight excluding hydrogens is 213 g/mol. The Kier molecular flexibility index (Phi) is 3.95. The van der Waals surface area contributed by atoms with E-state index in [0.717, 1.165) is 18.2 Å². The first-order valence-corrected chi connectivity index (χ1v) is 6.34. The van der Waals surface area contributed by atoms with Crippen LogP contribution in [-0.2, 0) is 0 Å². The van der Waals surface area contributed by atoms with Crippen LogP contribution in [-0.4, -0.2) is 12.6 Å². The van der Waals surface area contributed by atoms with Gasteiger partial charge in [-0.05, 0) is 36.5 Å². The Morgan fingerprint density at radius 3 is 2.53 bits per heavy atom. The zero-order valence-electron chi connectivity index (χ0n) is 10.5. The smallest absolute Gasteiger partial charge is 0.123 e. The molecule has 0 aromatic heterocycles. The summed E-state index contributed by atoms with van der Waals surface area (Å²) in [6.07, 6.45) is 4.78. The number of hydrogen-bond acceptors (Lipinski definition) is 1. The van der Waals surface area contributed by atoms with E-state index in [1.54, 1.807) is 0 Å². The average Bonchev–Trinajstić information content (AvgIpc) is 3.10. The highest BCUT2D eigenvalue weighted by Gasteiger charge is 2.20. The average molecular weight is 233 g/mol. The Labute approximate surface area is 103 Å². The SMILES string of the molecule is CC(C)C(=Cc1ccc(F)cc1)CNC1CC1. The minimum absolute atomic E-state index is 0.177. The van der Waals surface area contributed by atoms with Gasteiger partial charge in [-0.25, -0.2) is 4.39 Å². The monoisotopic (exact) mass is 233 g/mol. The first-order valence-electron chi connectivity index (χ1n) is 6.34. The van der Waals surface area contributed by atoms with Gasteiger partial charge in [-0.2, -0.15) is 0 Å². The fourth-order valence-electron chi connectivity index (χ4n) is 1.74. The molecule has 1 aromatic carbocycles. The highest BCUT2D eigenvalue weighted by atomic mass is 19.1. The van der Waals surface area contributed by atoms with Crippen molar-refractivity contribution in [3.05, 3.63) is 41.2 Å². The maximum atomic E-state index is 12.8. The largest absolute Gasteiger partial charge is 0.310 e. The highest BCUT2D eigenvalue weighted by Crippen LogP contribution is 2.21. The van der Waals surface area contributed by atoms with Gasteiger partial charge in [-0.1, -0.05) is 37.6 Å². The summed E-state index contributed by atoms with van der Waals surface area (Å²) in [5.74, 6) is 0.343. The molecule has 1 aliphatic rings. The van der Waals surface area contributed by atoms with Crippen molar-refractivity contribution in [2.24, 2.45) is 5.92 Å². The highest BCUT2D eigenvalue weighted by molar-refractivity contribution is 5.53. The van der Waals surface area contributed by atoms with Crippen LogP contribution in [0.1, 0.15) is 32.3 Å². The van der Waals surface area contributed by atoms with Crippen molar-refractivity contribution in [3.8, 4) is 0 Å². The molecule has 0 amide bonds. The van der Waals surface area contributed by atoms with E-state index in [4.69, 9.17) is 0 Å². The lowest BCUT2D eigenvalue weighted by Gasteiger charge is -2.12. The van der Waals surface area contributed by atoms with Crippen LogP contribution in [0.3, 0.4) is 0 Å². The van der Waals surface area contributed by atoms with E-state index < -0.39 is 0 Å². The summed E-state index contributed by atoms with van der Waals surface area (Å²) in [4.78, 5) is 0. The number of halogens is 1. The first kappa shape index (κ1) is 12.3. The van der Waals surface area contributed by atoms with Crippen LogP contribution in [0.2, 0.25) is 0 Å². The van der Waals surface area contributed by atoms with Crippen molar-refractivity contribution in [1.29, 1.82) is 0 Å². The maximum absolute atomic E-state index is 12.8. The zero-order chi connectivity index (χ0) is 12.3. The minimum atomic E-state index is -0.177. The van der Waals surface area contributed by atoms with Gasteiger partial charge in [0.25, 0.3) is 0 Å². The molecule has 1 N–H and O–H groups in total. The number of benzene rings is 1. The summed E-state index contributed by atoms with van der Waals surface area (Å²) < 4.78 is 12.8. The van der Waals surface area contributed by atoms with Crippen LogP contribution in [0.25, 0.3) is 6.08 Å². The predicted molar refractivity (Wildman–Crippen MR) is 70.2 cm³/mol. The van der Waals surface area contributed by atoms with E-state index in [0.29, 0.717) is 5.92 Å². The molecule has 1 fully saturated rings. The molecule has 0 unspecified atom stereocenters. The zero-order valence-corrected chi connectivity index (χ0v) is 10.5. The Morgan fingerprint density at radius 1 is 1.35 bits per heavy atom. The molecule has 0 heterocycles. The van der Waals surface area contributed by atoms with Gasteiger partial charge in [0.05, 0.1) is 0 Å². The quantitative estimate of drug-likeness (QED) is 0.819. The summed E-state index contributed by atoms with van der Waals surface area (Å²) >= 11 is 0. The molecule has 2 heteroatoms. The Hall–Kier alpha value is -1.15. The molecule has 0 bridgehead atoms. The summed E-state index contributed by atoms with van der Waals surface area (Å²) in [6, 6.07) is 7.41. The second-order valence-electron chi connectivity index (χ2n) is 5.08. The minimum Gasteiger partial charge on any atom is -0.310 e. The normalized spacial score (nSPS) is 16.6. The van der Waals surface area contributed by atoms with Crippen LogP contribution >= 0.6 is 0 Å². The molecule has 0 spiro atoms. The summed E-state index contributed by atoms with van der Waals surface area (Å²) in [5, 5.41) is 3.53. The lowest BCUT2D eigenvalue weighted by molar-refractivity contribution is 0.627. The lowest BCUT2D eigenvalue weighted by atomic mass is 10.00. The van der Waals surface area contributed by atoms with Crippen LogP contribution in [0.15, 0.2) is 29.8 Å². The number of nitrogens with one attached hydrogen (secondary N) is 1. The van der Waals surface area contributed by atoms with Gasteiger partial charge in [0.1, 0.15) is 5.82 Å². The van der Waals surface area contributed by atoms with Gasteiger partial charge in [-0.15, -0.1) is 0 Å². The third-order valence-corrected chi connectivity index (χ3v) is 3.14. The topological polar surface area (TPSA) is 12.0 Å². The van der Waals surface area contributed by atoms with Gasteiger partial charge in [0, 0.05) is 12.6 Å². The summed E-state index contributed by atoms with van der Waals surface area (Å²) in [5.41, 5.74) is 2.45. The predicted octanol–water partition coefficient (Wildman–Crippen LogP) is 3.62. The van der Waals surface area contributed by atoms with Crippen molar-refractivity contribution >= 4 is 6.08 Å². The van der Waals surface area contributed by atoms with Gasteiger partial charge in [0.2, 0.25) is 0 Å². The van der Waals surface area contributed by atoms with Crippen molar-refractivity contribution in [3.63, 3.8) is 0 Å². The summed E-state index contributed by atoms with van der Waals surface area (Å²) in [6.45, 7) is 5.34. The van der Waals surface area contributed by atoms with E-state index in [-0.39, 0.29) is 5.82 Å². The van der Waals surface area contributed by atoms with E-state index in [1.165, 1.54) is 30.5 Å². The van der Waals surface area contributed by atoms with Gasteiger partial charge in [-0.3, -0.25) is 0 Å². The molecule has 0 radical (unpaired) electrons. The second kappa shape index (κ2) is 5.46. The molecule has 1 aliphatic carbocycles. The van der Waals surface area contributed by atoms with Crippen molar-refractivity contribution in [2.75, 3.05) is 6.54 Å². The number of hydrogen-bond donors (Lipinski definition) is 1. The van der Waals surface area contributed by atoms with E-state index in [2.05, 4.69) is 25.2 Å². The Morgan fingerprint density at radius 2 is 2.00 bits per heavy atom. The van der Waals surface area contributed by atoms with Gasteiger partial charge < -0.3 is 5.32 Å². The second-order valence-corrected chi connectivity index (χ2v) is 5.08. The molecule has 17 heavy (non-hydrogen) atoms. The molecule has 2 rings (SSSR count). The Balaban J connectivity index is 2.04. The fraction of sp³-hybridized carbons (Fsp3) is 0.467. The van der Waals surface area contributed by atoms with E-state index in [1.807, 2.05) is 12.1 Å². The van der Waals surface area contributed by atoms with Crippen molar-refractivity contribution in [1.82, 2.24) is 5.32 Å². The van der Waals surface area contributed by atoms with Crippen LogP contribution in [0.5, 0.6) is 0 Å². The van der Waals surface area contributed by atoms with Gasteiger partial charge in [0.15, 0.2) is 0 Å². The fourth-order valence-corrected chi connectivity index (χ4v) is 1.74. The Bertz CT molecular complexity index is 388. The number of rotatable bonds is 5. The third kappa shape index (κ3) is 3.97. The first-order chi connectivity index (χ1) is 8.15. The van der Waals surface area contributed by atoms with E-state index in [9.17, 15) is 4.39 Å². The van der Waals surface area contributed by atoms with Crippen LogP contribution in [0, 0.1) is 11.7 Å². The van der Waals surface area contributed by atoms with Crippen LogP contribution < -0.4 is 5.32 Å². The lowest BCUT2D eigenvalue weighted by Crippen LogP contribution is -2.21.